The molecule has 0 bridgehead atoms. The molecule has 5 aliphatic rings. The van der Waals surface area contributed by atoms with Crippen LogP contribution in [-0.2, 0) is 19.2 Å². The molecule has 0 radical (unpaired) electrons. The number of piperazine rings is 2. The Morgan fingerprint density at radius 3 is 2.16 bits per heavy atom. The summed E-state index contributed by atoms with van der Waals surface area (Å²) in [6.07, 6.45) is 4.71. The summed E-state index contributed by atoms with van der Waals surface area (Å²) in [5.74, 6) is -1.93. The summed E-state index contributed by atoms with van der Waals surface area (Å²) in [7, 11) is 1.46. The highest BCUT2D eigenvalue weighted by atomic mass is 19.1. The molecule has 5 aromatic rings. The highest BCUT2D eigenvalue weighted by Gasteiger charge is 2.37. The summed E-state index contributed by atoms with van der Waals surface area (Å²) in [6.45, 7) is 10.7. The predicted octanol–water partition coefficient (Wildman–Crippen LogP) is 3.16. The number of carbonyl (C=O) groups excluding carboxylic acids is 6. The van der Waals surface area contributed by atoms with Crippen molar-refractivity contribution in [2.75, 3.05) is 102 Å². The van der Waals surface area contributed by atoms with Gasteiger partial charge in [0.25, 0.3) is 17.7 Å². The number of hydrogen-bond donors (Lipinski definition) is 3. The van der Waals surface area contributed by atoms with Gasteiger partial charge in [-0.1, -0.05) is 36.4 Å². The molecular weight excluding hydrogens is 870 g/mol. The van der Waals surface area contributed by atoms with E-state index in [1.807, 2.05) is 53.4 Å². The van der Waals surface area contributed by atoms with E-state index in [1.54, 1.807) is 6.20 Å². The maximum absolute atomic E-state index is 15.4. The summed E-state index contributed by atoms with van der Waals surface area (Å²) >= 11 is 0. The van der Waals surface area contributed by atoms with Crippen LogP contribution in [0.3, 0.4) is 0 Å². The van der Waals surface area contributed by atoms with Crippen molar-refractivity contribution in [1.82, 2.24) is 45.2 Å². The summed E-state index contributed by atoms with van der Waals surface area (Å²) in [4.78, 5) is 103. The van der Waals surface area contributed by atoms with E-state index in [-0.39, 0.29) is 35.2 Å². The van der Waals surface area contributed by atoms with Gasteiger partial charge in [-0.05, 0) is 62.5 Å². The minimum Gasteiger partial charge on any atom is -0.367 e. The molecule has 1 unspecified atom stereocenters. The minimum absolute atomic E-state index is 0.0248. The van der Waals surface area contributed by atoms with E-state index in [2.05, 4.69) is 35.2 Å². The van der Waals surface area contributed by atoms with E-state index in [9.17, 15) is 28.8 Å². The van der Waals surface area contributed by atoms with Crippen LogP contribution >= 0.6 is 0 Å². The zero-order valence-corrected chi connectivity index (χ0v) is 38.0. The number of carbonyl (C=O) groups is 6. The number of halogens is 1. The number of H-pyrrole nitrogens is 1. The fourth-order valence-corrected chi connectivity index (χ4v) is 10.5. The lowest BCUT2D eigenvalue weighted by Crippen LogP contribution is -2.53. The average molecular weight is 924 g/mol. The van der Waals surface area contributed by atoms with Gasteiger partial charge in [-0.25, -0.2) is 14.4 Å². The number of amides is 5. The standard InChI is InChI=1S/C50H54FN11O6/c1-57(40-10-11-42(64)54-46(40)65)49(68)35-27-41(37(51)26-32(35)30-63)61-22-20-60(21-23-61)29-31-12-14-58(15-13-31)16-17-59-18-24-62(25-19-59)50-53-39-9-5-3-7-34(39)45(55-50)44-43(47(66)56-48(44)67)36-28-52-38-8-4-2-6-33(36)38/h2-9,26-28,30-31,40,52H,10-25,29H2,1H3,(H,54,64,65)(H,56,66,67). The van der Waals surface area contributed by atoms with Crippen LogP contribution in [0.5, 0.6) is 0 Å². The molecule has 3 N–H and O–H groups in total. The number of aromatic amines is 1. The third-order valence-corrected chi connectivity index (χ3v) is 14.4. The third-order valence-electron chi connectivity index (χ3n) is 14.4. The fraction of sp³-hybridized carbons (Fsp3) is 0.400. The number of anilines is 2. The van der Waals surface area contributed by atoms with Crippen molar-refractivity contribution in [3.05, 3.63) is 95.1 Å². The number of aldehydes is 1. The summed E-state index contributed by atoms with van der Waals surface area (Å²) in [5.41, 5.74) is 3.43. The van der Waals surface area contributed by atoms with Crippen LogP contribution in [0.1, 0.15) is 57.7 Å². The van der Waals surface area contributed by atoms with Crippen molar-refractivity contribution in [2.45, 2.75) is 31.7 Å². The van der Waals surface area contributed by atoms with Gasteiger partial charge in [-0.3, -0.25) is 49.2 Å². The van der Waals surface area contributed by atoms with Crippen molar-refractivity contribution >= 4 is 80.4 Å². The zero-order chi connectivity index (χ0) is 47.1. The molecule has 5 amide bonds. The van der Waals surface area contributed by atoms with Crippen molar-refractivity contribution in [1.29, 1.82) is 0 Å². The average Bonchev–Trinajstić information content (AvgIpc) is 3.91. The van der Waals surface area contributed by atoms with E-state index in [0.29, 0.717) is 59.0 Å². The molecule has 68 heavy (non-hydrogen) atoms. The number of likely N-dealkylation sites (N-methyl/N-ethyl adjacent to an activating group) is 1. The van der Waals surface area contributed by atoms with Crippen LogP contribution in [0, 0.1) is 11.7 Å². The maximum Gasteiger partial charge on any atom is 0.261 e. The first-order valence-corrected chi connectivity index (χ1v) is 23.5. The molecule has 10 rings (SSSR count). The van der Waals surface area contributed by atoms with Crippen molar-refractivity contribution in [2.24, 2.45) is 5.92 Å². The number of benzene rings is 3. The van der Waals surface area contributed by atoms with E-state index < -0.39 is 41.4 Å². The molecule has 1 atom stereocenters. The Bertz CT molecular complexity index is 2860. The monoisotopic (exact) mass is 923 g/mol. The Hall–Kier alpha value is -6.89. The molecule has 5 aliphatic heterocycles. The first-order valence-electron chi connectivity index (χ1n) is 23.5. The summed E-state index contributed by atoms with van der Waals surface area (Å²) in [5, 5.41) is 6.35. The topological polar surface area (TPSA) is 187 Å². The molecule has 18 heteroatoms. The van der Waals surface area contributed by atoms with Gasteiger partial charge < -0.3 is 24.6 Å². The van der Waals surface area contributed by atoms with Crippen LogP contribution in [0.2, 0.25) is 0 Å². The number of fused-ring (bicyclic) bond motifs is 2. The van der Waals surface area contributed by atoms with E-state index in [1.165, 1.54) is 18.0 Å². The third kappa shape index (κ3) is 8.86. The maximum atomic E-state index is 15.4. The van der Waals surface area contributed by atoms with Crippen molar-refractivity contribution in [3.63, 3.8) is 0 Å². The number of hydrogen-bond acceptors (Lipinski definition) is 13. The second kappa shape index (κ2) is 19.0. The lowest BCUT2D eigenvalue weighted by molar-refractivity contribution is -0.136. The van der Waals surface area contributed by atoms with Crippen LogP contribution in [-0.4, -0.2) is 169 Å². The summed E-state index contributed by atoms with van der Waals surface area (Å²) in [6, 6.07) is 17.0. The molecule has 17 nitrogen and oxygen atoms in total. The zero-order valence-electron chi connectivity index (χ0n) is 38.0. The van der Waals surface area contributed by atoms with Crippen LogP contribution < -0.4 is 20.4 Å². The van der Waals surface area contributed by atoms with Gasteiger partial charge in [0.1, 0.15) is 11.9 Å². The van der Waals surface area contributed by atoms with Gasteiger partial charge in [0.05, 0.1) is 33.6 Å². The van der Waals surface area contributed by atoms with Crippen molar-refractivity contribution < 1.29 is 33.2 Å². The molecule has 0 spiro atoms. The number of para-hydroxylation sites is 2. The van der Waals surface area contributed by atoms with Gasteiger partial charge in [0.2, 0.25) is 17.8 Å². The fourth-order valence-electron chi connectivity index (χ4n) is 10.5. The van der Waals surface area contributed by atoms with Crippen LogP contribution in [0.15, 0.2) is 66.9 Å². The molecular formula is C50H54FN11O6. The number of nitrogens with zero attached hydrogens (tertiary/aromatic N) is 8. The number of aromatic nitrogens is 3. The van der Waals surface area contributed by atoms with Gasteiger partial charge in [-0.2, -0.15) is 0 Å². The molecule has 4 fully saturated rings. The lowest BCUT2D eigenvalue weighted by atomic mass is 9.96. The molecule has 352 valence electrons. The van der Waals surface area contributed by atoms with Gasteiger partial charge >= 0.3 is 0 Å². The Balaban J connectivity index is 0.706. The quantitative estimate of drug-likeness (QED) is 0.123. The van der Waals surface area contributed by atoms with Gasteiger partial charge in [0.15, 0.2) is 6.29 Å². The minimum atomic E-state index is -0.864. The smallest absolute Gasteiger partial charge is 0.261 e. The van der Waals surface area contributed by atoms with Crippen LogP contribution in [0.4, 0.5) is 16.0 Å². The van der Waals surface area contributed by atoms with E-state index in [0.717, 1.165) is 102 Å². The second-order valence-electron chi connectivity index (χ2n) is 18.5. The predicted molar refractivity (Wildman–Crippen MR) is 254 cm³/mol. The first kappa shape index (κ1) is 44.9. The molecule has 3 aromatic carbocycles. The number of likely N-dealkylation sites (tertiary alicyclic amines) is 1. The van der Waals surface area contributed by atoms with E-state index in [4.69, 9.17) is 9.97 Å². The molecule has 2 aromatic heterocycles. The number of imide groups is 2. The second-order valence-corrected chi connectivity index (χ2v) is 18.5. The molecule has 0 aliphatic carbocycles. The first-order chi connectivity index (χ1) is 33.0. The van der Waals surface area contributed by atoms with Gasteiger partial charge in [-0.15, -0.1) is 0 Å². The van der Waals surface area contributed by atoms with Gasteiger partial charge in [0, 0.05) is 119 Å². The molecule has 7 heterocycles. The Morgan fingerprint density at radius 2 is 1.43 bits per heavy atom. The highest BCUT2D eigenvalue weighted by Crippen LogP contribution is 2.37. The number of rotatable bonds is 12. The normalized spacial score (nSPS) is 20.4. The Labute approximate surface area is 392 Å². The highest BCUT2D eigenvalue weighted by molar-refractivity contribution is 6.50. The largest absolute Gasteiger partial charge is 0.367 e. The lowest BCUT2D eigenvalue weighted by Gasteiger charge is -2.40. The Morgan fingerprint density at radius 1 is 0.765 bits per heavy atom. The molecule has 0 saturated carbocycles. The number of nitrogens with one attached hydrogen (secondary N) is 3. The molecule has 4 saturated heterocycles. The van der Waals surface area contributed by atoms with Crippen LogP contribution in [0.25, 0.3) is 33.0 Å². The SMILES string of the molecule is CN(C(=O)c1cc(N2CCN(CC3CCN(CCN4CCN(c5nc(C6=C(c7c[nH]c8ccccc78)C(=O)NC6=O)c6ccccc6n5)CC4)CC3)CC2)c(F)cc1C=O)C1CCC(=O)NC1=O. The number of piperidine rings is 2. The Kier molecular flexibility index (Phi) is 12.6. The van der Waals surface area contributed by atoms with Crippen molar-refractivity contribution in [3.8, 4) is 0 Å². The van der Waals surface area contributed by atoms with E-state index >= 15 is 4.39 Å². The summed E-state index contributed by atoms with van der Waals surface area (Å²) < 4.78 is 15.4.